The van der Waals surface area contributed by atoms with E-state index >= 15 is 0 Å². The van der Waals surface area contributed by atoms with Crippen molar-refractivity contribution in [1.29, 1.82) is 0 Å². The quantitative estimate of drug-likeness (QED) is 0.645. The number of urea groups is 1. The van der Waals surface area contributed by atoms with Gasteiger partial charge in [0.05, 0.1) is 6.61 Å². The molecule has 0 atom stereocenters. The second-order valence-electron chi connectivity index (χ2n) is 8.22. The summed E-state index contributed by atoms with van der Waals surface area (Å²) >= 11 is 0. The summed E-state index contributed by atoms with van der Waals surface area (Å²) in [6.07, 6.45) is 4.42. The van der Waals surface area contributed by atoms with E-state index in [0.29, 0.717) is 25.4 Å². The summed E-state index contributed by atoms with van der Waals surface area (Å²) < 4.78 is 5.16. The summed E-state index contributed by atoms with van der Waals surface area (Å²) in [5.74, 6) is -0.357. The topological polar surface area (TPSA) is 74.4 Å². The van der Waals surface area contributed by atoms with Gasteiger partial charge in [-0.25, -0.2) is 9.59 Å². The second-order valence-corrected chi connectivity index (χ2v) is 8.22. The van der Waals surface area contributed by atoms with Gasteiger partial charge in [-0.15, -0.1) is 0 Å². The predicted molar refractivity (Wildman–Crippen MR) is 117 cm³/mol. The molecule has 0 spiro atoms. The van der Waals surface area contributed by atoms with Gasteiger partial charge in [0.1, 0.15) is 5.69 Å². The van der Waals surface area contributed by atoms with Crippen molar-refractivity contribution in [3.05, 3.63) is 57.9 Å². The zero-order valence-corrected chi connectivity index (χ0v) is 18.5. The first-order chi connectivity index (χ1) is 14.4. The molecule has 0 unspecified atom stereocenters. The van der Waals surface area contributed by atoms with Gasteiger partial charge in [-0.2, -0.15) is 0 Å². The molecule has 3 rings (SSSR count). The maximum atomic E-state index is 13.2. The van der Waals surface area contributed by atoms with Crippen LogP contribution in [0.1, 0.15) is 71.0 Å². The number of esters is 1. The average molecular weight is 412 g/mol. The number of hydrogen-bond acceptors (Lipinski definition) is 3. The van der Waals surface area contributed by atoms with Crippen molar-refractivity contribution in [2.75, 3.05) is 6.61 Å². The van der Waals surface area contributed by atoms with Crippen LogP contribution >= 0.6 is 0 Å². The maximum Gasteiger partial charge on any atom is 0.355 e. The monoisotopic (exact) mass is 411 g/mol. The van der Waals surface area contributed by atoms with Gasteiger partial charge < -0.3 is 19.9 Å². The first kappa shape index (κ1) is 21.9. The molecule has 0 aliphatic heterocycles. The van der Waals surface area contributed by atoms with Gasteiger partial charge in [0, 0.05) is 24.8 Å². The standard InChI is InChI=1S/C24H33N3O3/c1-5-30-23(28)22-17(3)21(18(4)25-22)15-27(14-19-12-10-16(2)11-13-19)24(29)26-20-8-6-7-9-20/h10-13,20,25H,5-9,14-15H2,1-4H3,(H,26,29). The number of nitrogens with zero attached hydrogens (tertiary/aromatic N) is 1. The Morgan fingerprint density at radius 2 is 1.77 bits per heavy atom. The fourth-order valence-electron chi connectivity index (χ4n) is 4.07. The van der Waals surface area contributed by atoms with Crippen LogP contribution in [-0.2, 0) is 17.8 Å². The Hall–Kier alpha value is -2.76. The molecule has 1 saturated carbocycles. The van der Waals surface area contributed by atoms with Gasteiger partial charge >= 0.3 is 12.0 Å². The van der Waals surface area contributed by atoms with Crippen LogP contribution in [0.25, 0.3) is 0 Å². The third kappa shape index (κ3) is 5.23. The number of benzene rings is 1. The normalized spacial score (nSPS) is 14.0. The number of aromatic amines is 1. The first-order valence-corrected chi connectivity index (χ1v) is 10.8. The highest BCUT2D eigenvalue weighted by molar-refractivity contribution is 5.89. The van der Waals surface area contributed by atoms with Crippen molar-refractivity contribution in [2.45, 2.75) is 72.5 Å². The van der Waals surface area contributed by atoms with Gasteiger partial charge in [-0.05, 0) is 57.2 Å². The molecule has 0 radical (unpaired) electrons. The van der Waals surface area contributed by atoms with Crippen LogP contribution in [0, 0.1) is 20.8 Å². The van der Waals surface area contributed by atoms with E-state index in [1.165, 1.54) is 18.4 Å². The molecule has 1 aliphatic carbocycles. The minimum absolute atomic E-state index is 0.0554. The van der Waals surface area contributed by atoms with E-state index in [9.17, 15) is 9.59 Å². The van der Waals surface area contributed by atoms with Gasteiger partial charge in [0.2, 0.25) is 0 Å². The van der Waals surface area contributed by atoms with Gasteiger partial charge in [-0.3, -0.25) is 0 Å². The Bertz CT molecular complexity index is 880. The smallest absolute Gasteiger partial charge is 0.355 e. The van der Waals surface area contributed by atoms with E-state index in [1.54, 1.807) is 6.92 Å². The number of hydrogen-bond donors (Lipinski definition) is 2. The number of rotatable bonds is 7. The Balaban J connectivity index is 1.83. The number of carbonyl (C=O) groups excluding carboxylic acids is 2. The average Bonchev–Trinajstić information content (AvgIpc) is 3.32. The molecule has 2 aromatic rings. The number of amides is 2. The number of H-pyrrole nitrogens is 1. The molecule has 2 N–H and O–H groups in total. The zero-order chi connectivity index (χ0) is 21.7. The zero-order valence-electron chi connectivity index (χ0n) is 18.5. The van der Waals surface area contributed by atoms with E-state index in [0.717, 1.165) is 35.2 Å². The minimum Gasteiger partial charge on any atom is -0.461 e. The molecule has 1 heterocycles. The highest BCUT2D eigenvalue weighted by Crippen LogP contribution is 2.23. The van der Waals surface area contributed by atoms with Crippen LogP contribution < -0.4 is 5.32 Å². The van der Waals surface area contributed by atoms with Crippen molar-refractivity contribution < 1.29 is 14.3 Å². The van der Waals surface area contributed by atoms with E-state index in [2.05, 4.69) is 41.5 Å². The van der Waals surface area contributed by atoms with Crippen LogP contribution in [0.5, 0.6) is 0 Å². The SMILES string of the molecule is CCOC(=O)c1[nH]c(C)c(CN(Cc2ccc(C)cc2)C(=O)NC2CCCC2)c1C. The van der Waals surface area contributed by atoms with Gasteiger partial charge in [-0.1, -0.05) is 42.7 Å². The molecule has 1 aromatic heterocycles. The highest BCUT2D eigenvalue weighted by Gasteiger charge is 2.25. The summed E-state index contributed by atoms with van der Waals surface area (Å²) in [6.45, 7) is 8.96. The van der Waals surface area contributed by atoms with Crippen LogP contribution in [0.15, 0.2) is 24.3 Å². The van der Waals surface area contributed by atoms with Crippen molar-refractivity contribution in [1.82, 2.24) is 15.2 Å². The summed E-state index contributed by atoms with van der Waals surface area (Å²) in [5, 5.41) is 3.20. The molecule has 162 valence electrons. The minimum atomic E-state index is -0.357. The van der Waals surface area contributed by atoms with E-state index in [1.807, 2.05) is 18.7 Å². The van der Waals surface area contributed by atoms with Crippen LogP contribution in [-0.4, -0.2) is 34.5 Å². The van der Waals surface area contributed by atoms with E-state index < -0.39 is 0 Å². The van der Waals surface area contributed by atoms with E-state index in [-0.39, 0.29) is 18.0 Å². The summed E-state index contributed by atoms with van der Waals surface area (Å²) in [5.41, 5.74) is 5.44. The van der Waals surface area contributed by atoms with Crippen LogP contribution in [0.2, 0.25) is 0 Å². The van der Waals surface area contributed by atoms with Gasteiger partial charge in [0.15, 0.2) is 0 Å². The fraction of sp³-hybridized carbons (Fsp3) is 0.500. The number of aromatic nitrogens is 1. The number of carbonyl (C=O) groups is 2. The largest absolute Gasteiger partial charge is 0.461 e. The molecular formula is C24H33N3O3. The molecule has 1 fully saturated rings. The van der Waals surface area contributed by atoms with Crippen molar-refractivity contribution in [3.8, 4) is 0 Å². The molecule has 6 nitrogen and oxygen atoms in total. The Kier molecular flexibility index (Phi) is 7.19. The lowest BCUT2D eigenvalue weighted by Crippen LogP contribution is -2.43. The molecule has 2 amide bonds. The lowest BCUT2D eigenvalue weighted by molar-refractivity contribution is 0.0519. The fourth-order valence-corrected chi connectivity index (χ4v) is 4.07. The first-order valence-electron chi connectivity index (χ1n) is 10.8. The number of aryl methyl sites for hydroxylation is 2. The Labute approximate surface area is 179 Å². The maximum absolute atomic E-state index is 13.2. The number of ether oxygens (including phenoxy) is 1. The summed E-state index contributed by atoms with van der Waals surface area (Å²) in [4.78, 5) is 30.4. The Morgan fingerprint density at radius 3 is 2.40 bits per heavy atom. The lowest BCUT2D eigenvalue weighted by atomic mass is 10.1. The van der Waals surface area contributed by atoms with Crippen LogP contribution in [0.4, 0.5) is 4.79 Å². The van der Waals surface area contributed by atoms with Crippen molar-refractivity contribution in [3.63, 3.8) is 0 Å². The third-order valence-electron chi connectivity index (χ3n) is 5.89. The molecular weight excluding hydrogens is 378 g/mol. The summed E-state index contributed by atoms with van der Waals surface area (Å²) in [7, 11) is 0. The Morgan fingerprint density at radius 1 is 1.10 bits per heavy atom. The van der Waals surface area contributed by atoms with E-state index in [4.69, 9.17) is 4.74 Å². The van der Waals surface area contributed by atoms with Crippen LogP contribution in [0.3, 0.4) is 0 Å². The summed E-state index contributed by atoms with van der Waals surface area (Å²) in [6, 6.07) is 8.45. The molecule has 0 bridgehead atoms. The molecule has 1 aromatic carbocycles. The molecule has 6 heteroatoms. The molecule has 30 heavy (non-hydrogen) atoms. The van der Waals surface area contributed by atoms with Crippen molar-refractivity contribution >= 4 is 12.0 Å². The van der Waals surface area contributed by atoms with Gasteiger partial charge in [0.25, 0.3) is 0 Å². The second kappa shape index (κ2) is 9.83. The highest BCUT2D eigenvalue weighted by atomic mass is 16.5. The molecule has 0 saturated heterocycles. The third-order valence-corrected chi connectivity index (χ3v) is 5.89. The number of nitrogens with one attached hydrogen (secondary N) is 2. The molecule has 1 aliphatic rings. The predicted octanol–water partition coefficient (Wildman–Crippen LogP) is 4.77. The van der Waals surface area contributed by atoms with Crippen molar-refractivity contribution in [2.24, 2.45) is 0 Å². The lowest BCUT2D eigenvalue weighted by Gasteiger charge is -2.26.